The average molecular weight is 682 g/mol. The first kappa shape index (κ1) is 33.4. The minimum absolute atomic E-state index is 0. The zero-order valence-corrected chi connectivity index (χ0v) is 27.9. The lowest BCUT2D eigenvalue weighted by Crippen LogP contribution is -3.00. The second-order valence-corrected chi connectivity index (χ2v) is 11.2. The molecule has 0 N–H and O–H groups in total. The summed E-state index contributed by atoms with van der Waals surface area (Å²) < 4.78 is 28.8. The van der Waals surface area contributed by atoms with E-state index in [0.29, 0.717) is 46.2 Å². The third kappa shape index (κ3) is 8.62. The van der Waals surface area contributed by atoms with Gasteiger partial charge >= 0.3 is 0 Å². The van der Waals surface area contributed by atoms with Crippen LogP contribution in [0.3, 0.4) is 0 Å². The molecule has 6 rings (SSSR count). The van der Waals surface area contributed by atoms with Gasteiger partial charge in [0.15, 0.2) is 12.7 Å². The van der Waals surface area contributed by atoms with Crippen molar-refractivity contribution in [2.45, 2.75) is 39.8 Å². The number of benzene rings is 4. The third-order valence-corrected chi connectivity index (χ3v) is 8.04. The van der Waals surface area contributed by atoms with E-state index in [2.05, 4.69) is 82.9 Å². The van der Waals surface area contributed by atoms with Crippen molar-refractivity contribution in [3.8, 4) is 5.75 Å². The van der Waals surface area contributed by atoms with E-state index in [-0.39, 0.29) is 17.0 Å². The summed E-state index contributed by atoms with van der Waals surface area (Å²) in [5.74, 6) is 0.833. The summed E-state index contributed by atoms with van der Waals surface area (Å²) in [5, 5.41) is 2.43. The summed E-state index contributed by atoms with van der Waals surface area (Å²) in [5.41, 5.74) is 7.07. The van der Waals surface area contributed by atoms with Crippen LogP contribution in [0.15, 0.2) is 121 Å². The van der Waals surface area contributed by atoms with Gasteiger partial charge < -0.3 is 40.5 Å². The molecule has 0 spiro atoms. The Kier molecular flexibility index (Phi) is 12.4. The van der Waals surface area contributed by atoms with E-state index in [9.17, 15) is 0 Å². The highest BCUT2D eigenvalue weighted by Gasteiger charge is 2.20. The zero-order valence-electron chi connectivity index (χ0n) is 26.3. The molecule has 0 saturated carbocycles. The van der Waals surface area contributed by atoms with Crippen LogP contribution in [0.5, 0.6) is 5.75 Å². The average Bonchev–Trinajstić information content (AvgIpc) is 3.40. The number of nitrogens with zero attached hydrogens (tertiary/aromatic N) is 2. The Morgan fingerprint density at radius 1 is 0.587 bits per heavy atom. The molecule has 46 heavy (non-hydrogen) atoms. The molecule has 0 unspecified atom stereocenters. The lowest BCUT2D eigenvalue weighted by atomic mass is 10.1. The van der Waals surface area contributed by atoms with Gasteiger partial charge in [0.2, 0.25) is 5.69 Å². The topological polar surface area (TPSA) is 45.7 Å². The van der Waals surface area contributed by atoms with E-state index in [0.717, 1.165) is 29.9 Å². The fraction of sp³-hybridized carbons (Fsp3) is 0.256. The largest absolute Gasteiger partial charge is 1.00 e. The van der Waals surface area contributed by atoms with Gasteiger partial charge in [-0.15, -0.1) is 0 Å². The molecule has 0 aliphatic heterocycles. The second-order valence-electron chi connectivity index (χ2n) is 11.2. The van der Waals surface area contributed by atoms with Gasteiger partial charge in [-0.1, -0.05) is 91.0 Å². The lowest BCUT2D eigenvalue weighted by molar-refractivity contribution is -0.703. The summed E-state index contributed by atoms with van der Waals surface area (Å²) in [6.07, 6.45) is 2.17. The van der Waals surface area contributed by atoms with Crippen LogP contribution in [0, 0.1) is 6.92 Å². The molecule has 0 aliphatic carbocycles. The normalized spacial score (nSPS) is 11.2. The number of halogens is 1. The smallest absolute Gasteiger partial charge is 0.202 e. The first-order valence-electron chi connectivity index (χ1n) is 15.7. The molecule has 0 aliphatic rings. The quantitative estimate of drug-likeness (QED) is 0.112. The molecule has 6 aromatic rings. The summed E-state index contributed by atoms with van der Waals surface area (Å²) in [4.78, 5) is 0. The molecular weight excluding hydrogens is 640 g/mol. The molecular formula is C39H41BrN2O4. The number of rotatable bonds is 16. The molecule has 0 radical (unpaired) electrons. The third-order valence-electron chi connectivity index (χ3n) is 8.04. The molecule has 0 atom stereocenters. The standard InChI is InChI=1S/C39H41N2O4.BrH/c1-31-39-37(19-20-40(31)21-23-42-28-32-11-5-2-6-12-32)36-18-17-35(45-26-25-44-30-34-15-9-4-10-16-34)27-38(36)41(39)22-24-43-29-33-13-7-3-8-14-33;/h2-20,27H,21-26,28-30H2,1H3;1H/q+1;/p-1. The van der Waals surface area contributed by atoms with Crippen molar-refractivity contribution in [2.75, 3.05) is 26.4 Å². The van der Waals surface area contributed by atoms with Crippen molar-refractivity contribution in [3.63, 3.8) is 0 Å². The summed E-state index contributed by atoms with van der Waals surface area (Å²) in [6.45, 7) is 7.73. The van der Waals surface area contributed by atoms with Gasteiger partial charge in [0.1, 0.15) is 24.5 Å². The maximum atomic E-state index is 6.15. The van der Waals surface area contributed by atoms with Gasteiger partial charge in [-0.25, -0.2) is 0 Å². The highest BCUT2D eigenvalue weighted by molar-refractivity contribution is 6.08. The minimum atomic E-state index is 0. The Morgan fingerprint density at radius 3 is 1.76 bits per heavy atom. The zero-order chi connectivity index (χ0) is 30.7. The van der Waals surface area contributed by atoms with E-state index in [1.165, 1.54) is 33.1 Å². The van der Waals surface area contributed by atoms with Crippen LogP contribution in [0.25, 0.3) is 21.8 Å². The van der Waals surface area contributed by atoms with Crippen molar-refractivity contribution < 1.29 is 40.5 Å². The van der Waals surface area contributed by atoms with E-state index in [4.69, 9.17) is 18.9 Å². The predicted octanol–water partition coefficient (Wildman–Crippen LogP) is 4.42. The van der Waals surface area contributed by atoms with E-state index in [1.807, 2.05) is 54.6 Å². The van der Waals surface area contributed by atoms with Crippen LogP contribution in [-0.4, -0.2) is 31.0 Å². The number of ether oxygens (including phenoxy) is 4. The molecule has 2 aromatic heterocycles. The maximum absolute atomic E-state index is 6.15. The van der Waals surface area contributed by atoms with Crippen molar-refractivity contribution in [1.82, 2.24) is 4.57 Å². The van der Waals surface area contributed by atoms with Gasteiger partial charge in [0.25, 0.3) is 0 Å². The number of aryl methyl sites for hydroxylation is 1. The highest BCUT2D eigenvalue weighted by atomic mass is 79.9. The molecule has 7 heteroatoms. The van der Waals surface area contributed by atoms with E-state index in [1.54, 1.807) is 0 Å². The molecule has 4 aromatic carbocycles. The molecule has 238 valence electrons. The number of fused-ring (bicyclic) bond motifs is 3. The Labute approximate surface area is 281 Å². The molecule has 6 nitrogen and oxygen atoms in total. The Morgan fingerprint density at radius 2 is 1.15 bits per heavy atom. The Bertz CT molecular complexity index is 1790. The Balaban J connectivity index is 0.00000417. The van der Waals surface area contributed by atoms with Gasteiger partial charge in [0.05, 0.1) is 38.6 Å². The number of pyridine rings is 1. The monoisotopic (exact) mass is 680 g/mol. The van der Waals surface area contributed by atoms with Gasteiger partial charge in [-0.3, -0.25) is 0 Å². The van der Waals surface area contributed by atoms with Crippen LogP contribution < -0.4 is 26.3 Å². The van der Waals surface area contributed by atoms with Crippen LogP contribution in [-0.2, 0) is 47.1 Å². The van der Waals surface area contributed by atoms with Crippen LogP contribution in [0.2, 0.25) is 0 Å². The lowest BCUT2D eigenvalue weighted by Gasteiger charge is -2.11. The number of hydrogen-bond acceptors (Lipinski definition) is 4. The fourth-order valence-electron chi connectivity index (χ4n) is 5.72. The SMILES string of the molecule is Cc1c2c(cc[n+]1CCOCc1ccccc1)c1ccc(OCCOCc3ccccc3)cc1n2CCOCc1ccccc1.[Br-]. The maximum Gasteiger partial charge on any atom is 0.202 e. The number of aromatic nitrogens is 2. The van der Waals surface area contributed by atoms with E-state index >= 15 is 0 Å². The summed E-state index contributed by atoms with van der Waals surface area (Å²) in [6, 6.07) is 39.4. The summed E-state index contributed by atoms with van der Waals surface area (Å²) in [7, 11) is 0. The van der Waals surface area contributed by atoms with Crippen LogP contribution in [0.1, 0.15) is 22.4 Å². The van der Waals surface area contributed by atoms with Gasteiger partial charge in [0, 0.05) is 36.4 Å². The molecule has 0 saturated heterocycles. The first-order chi connectivity index (χ1) is 22.3. The van der Waals surface area contributed by atoms with Crippen molar-refractivity contribution in [2.24, 2.45) is 0 Å². The van der Waals surface area contributed by atoms with Crippen molar-refractivity contribution >= 4 is 21.8 Å². The Hall–Kier alpha value is -4.01. The van der Waals surface area contributed by atoms with E-state index < -0.39 is 0 Å². The molecule has 2 heterocycles. The first-order valence-corrected chi connectivity index (χ1v) is 15.7. The van der Waals surface area contributed by atoms with Crippen LogP contribution in [0.4, 0.5) is 0 Å². The summed E-state index contributed by atoms with van der Waals surface area (Å²) >= 11 is 0. The van der Waals surface area contributed by atoms with Crippen molar-refractivity contribution in [3.05, 3.63) is 144 Å². The fourth-order valence-corrected chi connectivity index (χ4v) is 5.72. The van der Waals surface area contributed by atoms with Crippen LogP contribution >= 0.6 is 0 Å². The van der Waals surface area contributed by atoms with Crippen molar-refractivity contribution in [1.29, 1.82) is 0 Å². The van der Waals surface area contributed by atoms with Gasteiger partial charge in [-0.05, 0) is 28.8 Å². The second kappa shape index (κ2) is 17.1. The molecule has 0 amide bonds. The minimum Gasteiger partial charge on any atom is -1.00 e. The highest BCUT2D eigenvalue weighted by Crippen LogP contribution is 2.32. The molecule has 0 fully saturated rings. The van der Waals surface area contributed by atoms with Gasteiger partial charge in [-0.2, -0.15) is 4.57 Å². The predicted molar refractivity (Wildman–Crippen MR) is 178 cm³/mol. The number of hydrogen-bond donors (Lipinski definition) is 0. The molecule has 0 bridgehead atoms.